The van der Waals surface area contributed by atoms with Gasteiger partial charge in [-0.2, -0.15) is 0 Å². The molecule has 0 saturated carbocycles. The van der Waals surface area contributed by atoms with Crippen LogP contribution in [0.2, 0.25) is 0 Å². The SMILES string of the molecule is Cc1cc(C)c2nc(-c3cc(Br)c[n+](C)c3)sc2c1.[I-]. The van der Waals surface area contributed by atoms with Gasteiger partial charge in [0.15, 0.2) is 12.4 Å². The van der Waals surface area contributed by atoms with Gasteiger partial charge in [-0.3, -0.25) is 0 Å². The number of hydrogen-bond acceptors (Lipinski definition) is 2. The molecule has 3 rings (SSSR count). The summed E-state index contributed by atoms with van der Waals surface area (Å²) in [5, 5.41) is 1.07. The molecule has 0 saturated heterocycles. The predicted molar refractivity (Wildman–Crippen MR) is 83.4 cm³/mol. The normalized spacial score (nSPS) is 10.6. The smallest absolute Gasteiger partial charge is 0.182 e. The zero-order valence-electron chi connectivity index (χ0n) is 11.4. The molecule has 0 unspecified atom stereocenters. The first-order valence-electron chi connectivity index (χ1n) is 6.07. The van der Waals surface area contributed by atoms with E-state index >= 15 is 0 Å². The predicted octanol–water partition coefficient (Wildman–Crippen LogP) is 1.17. The molecule has 0 amide bonds. The highest BCUT2D eigenvalue weighted by Crippen LogP contribution is 2.32. The largest absolute Gasteiger partial charge is 1.00 e. The van der Waals surface area contributed by atoms with Crippen molar-refractivity contribution < 1.29 is 28.5 Å². The van der Waals surface area contributed by atoms with Gasteiger partial charge in [0.2, 0.25) is 0 Å². The molecule has 1 aromatic carbocycles. The average Bonchev–Trinajstić information content (AvgIpc) is 2.71. The standard InChI is InChI=1S/C15H14BrN2S.HI/c1-9-4-10(2)14-13(5-9)19-15(17-14)11-6-12(16)8-18(3)7-11;/h4-8H,1-3H3;1H/q+1;/p-1. The van der Waals surface area contributed by atoms with Crippen LogP contribution in [0.15, 0.2) is 35.1 Å². The first kappa shape index (κ1) is 15.9. The Morgan fingerprint density at radius 2 is 1.90 bits per heavy atom. The number of nitrogens with zero attached hydrogens (tertiary/aromatic N) is 2. The lowest BCUT2D eigenvalue weighted by Crippen LogP contribution is -3.00. The molecule has 0 N–H and O–H groups in total. The minimum atomic E-state index is 0. The molecule has 0 spiro atoms. The van der Waals surface area contributed by atoms with Crippen molar-refractivity contribution in [1.82, 2.24) is 4.98 Å². The Hall–Kier alpha value is -0.530. The maximum absolute atomic E-state index is 4.79. The van der Waals surface area contributed by atoms with Gasteiger partial charge in [0.05, 0.1) is 20.3 Å². The van der Waals surface area contributed by atoms with Crippen LogP contribution in [0.3, 0.4) is 0 Å². The maximum atomic E-state index is 4.79. The highest BCUT2D eigenvalue weighted by Gasteiger charge is 2.12. The molecule has 0 radical (unpaired) electrons. The second-order valence-corrected chi connectivity index (χ2v) is 6.80. The fraction of sp³-hybridized carbons (Fsp3) is 0.200. The molecule has 20 heavy (non-hydrogen) atoms. The Bertz CT molecular complexity index is 763. The zero-order valence-corrected chi connectivity index (χ0v) is 16.0. The third kappa shape index (κ3) is 3.04. The molecular formula is C15H14BrIN2S. The van der Waals surface area contributed by atoms with Gasteiger partial charge in [-0.15, -0.1) is 11.3 Å². The van der Waals surface area contributed by atoms with Gasteiger partial charge >= 0.3 is 0 Å². The first-order valence-corrected chi connectivity index (χ1v) is 7.68. The van der Waals surface area contributed by atoms with Crippen LogP contribution in [-0.4, -0.2) is 4.98 Å². The Morgan fingerprint density at radius 1 is 1.15 bits per heavy atom. The van der Waals surface area contributed by atoms with Crippen LogP contribution in [0, 0.1) is 13.8 Å². The van der Waals surface area contributed by atoms with Crippen LogP contribution >= 0.6 is 27.3 Å². The number of benzene rings is 1. The van der Waals surface area contributed by atoms with Gasteiger partial charge in [-0.25, -0.2) is 9.55 Å². The monoisotopic (exact) mass is 460 g/mol. The van der Waals surface area contributed by atoms with Crippen molar-refractivity contribution in [3.63, 3.8) is 0 Å². The molecule has 2 heterocycles. The summed E-state index contributed by atoms with van der Waals surface area (Å²) in [4.78, 5) is 4.79. The molecule has 104 valence electrons. The van der Waals surface area contributed by atoms with Gasteiger partial charge < -0.3 is 24.0 Å². The minimum absolute atomic E-state index is 0. The summed E-state index contributed by atoms with van der Waals surface area (Å²) in [5.74, 6) is 0. The number of aromatic nitrogens is 2. The summed E-state index contributed by atoms with van der Waals surface area (Å²) >= 11 is 5.29. The molecule has 0 aliphatic rings. The van der Waals surface area contributed by atoms with E-state index in [4.69, 9.17) is 4.98 Å². The lowest BCUT2D eigenvalue weighted by molar-refractivity contribution is -0.671. The van der Waals surface area contributed by atoms with E-state index in [2.05, 4.69) is 54.2 Å². The van der Waals surface area contributed by atoms with E-state index in [1.165, 1.54) is 15.8 Å². The van der Waals surface area contributed by atoms with E-state index in [9.17, 15) is 0 Å². The van der Waals surface area contributed by atoms with Crippen molar-refractivity contribution in [1.29, 1.82) is 0 Å². The lowest BCUT2D eigenvalue weighted by atomic mass is 10.1. The van der Waals surface area contributed by atoms with Crippen LogP contribution in [0.25, 0.3) is 20.8 Å². The summed E-state index contributed by atoms with van der Waals surface area (Å²) in [6, 6.07) is 6.51. The molecule has 0 aliphatic heterocycles. The number of aryl methyl sites for hydroxylation is 3. The minimum Gasteiger partial charge on any atom is -1.00 e. The topological polar surface area (TPSA) is 16.8 Å². The fourth-order valence-corrected chi connectivity index (χ4v) is 3.98. The quantitative estimate of drug-likeness (QED) is 0.393. The van der Waals surface area contributed by atoms with Crippen molar-refractivity contribution in [2.75, 3.05) is 0 Å². The van der Waals surface area contributed by atoms with Crippen molar-refractivity contribution in [3.8, 4) is 10.6 Å². The van der Waals surface area contributed by atoms with Crippen molar-refractivity contribution in [2.24, 2.45) is 7.05 Å². The second-order valence-electron chi connectivity index (χ2n) is 4.86. The Balaban J connectivity index is 0.00000147. The van der Waals surface area contributed by atoms with E-state index in [0.717, 1.165) is 20.6 Å². The molecule has 5 heteroatoms. The molecule has 3 aromatic rings. The lowest BCUT2D eigenvalue weighted by Gasteiger charge is -1.96. The van der Waals surface area contributed by atoms with Crippen molar-refractivity contribution in [3.05, 3.63) is 46.2 Å². The van der Waals surface area contributed by atoms with Crippen LogP contribution in [0.5, 0.6) is 0 Å². The molecule has 2 nitrogen and oxygen atoms in total. The number of rotatable bonds is 1. The molecule has 0 aliphatic carbocycles. The van der Waals surface area contributed by atoms with Gasteiger partial charge in [0.25, 0.3) is 0 Å². The summed E-state index contributed by atoms with van der Waals surface area (Å²) in [7, 11) is 2.02. The van der Waals surface area contributed by atoms with E-state index in [1.54, 1.807) is 11.3 Å². The average molecular weight is 461 g/mol. The van der Waals surface area contributed by atoms with Crippen molar-refractivity contribution >= 4 is 37.5 Å². The number of pyridine rings is 1. The highest BCUT2D eigenvalue weighted by molar-refractivity contribution is 9.10. The molecule has 0 bridgehead atoms. The Labute approximate surface area is 148 Å². The summed E-state index contributed by atoms with van der Waals surface area (Å²) < 4.78 is 4.37. The Kier molecular flexibility index (Phi) is 4.81. The number of thiazole rings is 1. The van der Waals surface area contributed by atoms with E-state index in [-0.39, 0.29) is 24.0 Å². The number of hydrogen-bond donors (Lipinski definition) is 0. The van der Waals surface area contributed by atoms with E-state index in [0.29, 0.717) is 0 Å². The summed E-state index contributed by atoms with van der Waals surface area (Å²) in [5.41, 5.74) is 4.81. The van der Waals surface area contributed by atoms with E-state index in [1.807, 2.05) is 17.8 Å². The Morgan fingerprint density at radius 3 is 2.60 bits per heavy atom. The van der Waals surface area contributed by atoms with Gasteiger partial charge in [-0.05, 0) is 53.0 Å². The van der Waals surface area contributed by atoms with Crippen LogP contribution < -0.4 is 28.5 Å². The number of fused-ring (bicyclic) bond motifs is 1. The van der Waals surface area contributed by atoms with Gasteiger partial charge in [-0.1, -0.05) is 6.07 Å². The van der Waals surface area contributed by atoms with Gasteiger partial charge in [0.1, 0.15) is 12.1 Å². The molecule has 2 aromatic heterocycles. The van der Waals surface area contributed by atoms with Crippen molar-refractivity contribution in [2.45, 2.75) is 13.8 Å². The second kappa shape index (κ2) is 6.07. The fourth-order valence-electron chi connectivity index (χ4n) is 2.29. The van der Waals surface area contributed by atoms with Crippen LogP contribution in [0.1, 0.15) is 11.1 Å². The summed E-state index contributed by atoms with van der Waals surface area (Å²) in [6.07, 6.45) is 4.14. The third-order valence-corrected chi connectivity index (χ3v) is 4.52. The molecule has 0 fully saturated rings. The number of halogens is 2. The first-order chi connectivity index (χ1) is 9.02. The highest BCUT2D eigenvalue weighted by atomic mass is 127. The zero-order chi connectivity index (χ0) is 13.6. The van der Waals surface area contributed by atoms with E-state index < -0.39 is 0 Å². The third-order valence-electron chi connectivity index (χ3n) is 3.04. The maximum Gasteiger partial charge on any atom is 0.182 e. The molecular weight excluding hydrogens is 447 g/mol. The van der Waals surface area contributed by atoms with Gasteiger partial charge in [0, 0.05) is 0 Å². The molecule has 0 atom stereocenters. The van der Waals surface area contributed by atoms with Crippen LogP contribution in [0.4, 0.5) is 0 Å². The van der Waals surface area contributed by atoms with Crippen LogP contribution in [-0.2, 0) is 7.05 Å². The summed E-state index contributed by atoms with van der Waals surface area (Å²) in [6.45, 7) is 4.25.